The summed E-state index contributed by atoms with van der Waals surface area (Å²) in [7, 11) is -3.55. The van der Waals surface area contributed by atoms with E-state index in [9.17, 15) is 8.42 Å². The summed E-state index contributed by atoms with van der Waals surface area (Å²) in [5.74, 6) is 0.626. The van der Waals surface area contributed by atoms with Gasteiger partial charge < -0.3 is 5.73 Å². The van der Waals surface area contributed by atoms with E-state index in [2.05, 4.69) is 25.0 Å². The molecule has 10 heteroatoms. The minimum atomic E-state index is -3.55. The molecular weight excluding hydrogens is 270 g/mol. The zero-order valence-corrected chi connectivity index (χ0v) is 11.0. The maximum atomic E-state index is 11.9. The van der Waals surface area contributed by atoms with Crippen molar-refractivity contribution in [3.05, 3.63) is 24.5 Å². The molecule has 0 unspecified atom stereocenters. The van der Waals surface area contributed by atoms with Crippen LogP contribution in [0.25, 0.3) is 0 Å². The number of hydrogen-bond acceptors (Lipinski definition) is 6. The van der Waals surface area contributed by atoms with Crippen LogP contribution in [0.4, 0.5) is 0 Å². The number of H-pyrrole nitrogens is 1. The molecule has 0 saturated heterocycles. The van der Waals surface area contributed by atoms with Gasteiger partial charge in [0.1, 0.15) is 17.0 Å². The number of nitrogens with one attached hydrogen (secondary N) is 2. The van der Waals surface area contributed by atoms with E-state index >= 15 is 0 Å². The Morgan fingerprint density at radius 1 is 1.47 bits per heavy atom. The highest BCUT2D eigenvalue weighted by Gasteiger charge is 2.15. The number of aromatic amines is 1. The topological polar surface area (TPSA) is 132 Å². The first-order valence-electron chi connectivity index (χ1n) is 5.68. The van der Waals surface area contributed by atoms with E-state index in [1.165, 1.54) is 23.4 Å². The van der Waals surface area contributed by atoms with Crippen molar-refractivity contribution in [3.8, 4) is 0 Å². The molecule has 0 atom stereocenters. The summed E-state index contributed by atoms with van der Waals surface area (Å²) in [5.41, 5.74) is 5.37. The molecule has 4 N–H and O–H groups in total. The average molecular weight is 285 g/mol. The average Bonchev–Trinajstić information content (AvgIpc) is 3.00. The van der Waals surface area contributed by atoms with Gasteiger partial charge in [-0.1, -0.05) is 0 Å². The van der Waals surface area contributed by atoms with Crippen molar-refractivity contribution in [2.45, 2.75) is 17.9 Å². The molecule has 0 saturated carbocycles. The molecule has 104 valence electrons. The predicted molar refractivity (Wildman–Crippen MR) is 66.6 cm³/mol. The molecule has 0 aromatic carbocycles. The Hall–Kier alpha value is -1.78. The van der Waals surface area contributed by atoms with Crippen molar-refractivity contribution in [1.82, 2.24) is 29.7 Å². The zero-order valence-electron chi connectivity index (χ0n) is 10.2. The number of rotatable bonds is 7. The highest BCUT2D eigenvalue weighted by molar-refractivity contribution is 7.89. The Balaban J connectivity index is 1.93. The normalized spacial score (nSPS) is 11.8. The lowest BCUT2D eigenvalue weighted by atomic mass is 10.4. The van der Waals surface area contributed by atoms with Gasteiger partial charge in [-0.05, 0) is 0 Å². The summed E-state index contributed by atoms with van der Waals surface area (Å²) < 4.78 is 27.8. The molecule has 2 heterocycles. The van der Waals surface area contributed by atoms with Crippen LogP contribution in [-0.4, -0.2) is 46.5 Å². The summed E-state index contributed by atoms with van der Waals surface area (Å²) in [5, 5.41) is 10.3. The first-order chi connectivity index (χ1) is 9.12. The van der Waals surface area contributed by atoms with Crippen LogP contribution in [0.1, 0.15) is 5.82 Å². The molecule has 2 aromatic rings. The minimum Gasteiger partial charge on any atom is -0.329 e. The lowest BCUT2D eigenvalue weighted by Crippen LogP contribution is -2.26. The molecule has 19 heavy (non-hydrogen) atoms. The van der Waals surface area contributed by atoms with Crippen LogP contribution in [0.2, 0.25) is 0 Å². The third-order valence-corrected chi connectivity index (χ3v) is 3.81. The van der Waals surface area contributed by atoms with Crippen LogP contribution >= 0.6 is 0 Å². The van der Waals surface area contributed by atoms with Gasteiger partial charge in [-0.3, -0.25) is 9.78 Å². The van der Waals surface area contributed by atoms with Gasteiger partial charge in [-0.25, -0.2) is 18.1 Å². The SMILES string of the molecule is NCCn1cc(S(=O)(=O)NCCc2ncn[nH]2)cn1. The second-order valence-electron chi connectivity index (χ2n) is 3.81. The maximum Gasteiger partial charge on any atom is 0.243 e. The van der Waals surface area contributed by atoms with Crippen LogP contribution in [0.3, 0.4) is 0 Å². The molecule has 0 aliphatic heterocycles. The van der Waals surface area contributed by atoms with Crippen molar-refractivity contribution in [2.75, 3.05) is 13.1 Å². The monoisotopic (exact) mass is 285 g/mol. The van der Waals surface area contributed by atoms with Crippen LogP contribution in [0.5, 0.6) is 0 Å². The number of hydrogen-bond donors (Lipinski definition) is 3. The fourth-order valence-corrected chi connectivity index (χ4v) is 2.46. The third kappa shape index (κ3) is 3.59. The maximum absolute atomic E-state index is 11.9. The van der Waals surface area contributed by atoms with Crippen molar-refractivity contribution < 1.29 is 8.42 Å². The molecule has 0 radical (unpaired) electrons. The largest absolute Gasteiger partial charge is 0.329 e. The number of aromatic nitrogens is 5. The third-order valence-electron chi connectivity index (χ3n) is 2.40. The Morgan fingerprint density at radius 3 is 3.00 bits per heavy atom. The summed E-state index contributed by atoms with van der Waals surface area (Å²) >= 11 is 0. The van der Waals surface area contributed by atoms with E-state index in [0.29, 0.717) is 25.3 Å². The first kappa shape index (κ1) is 13.6. The second-order valence-corrected chi connectivity index (χ2v) is 5.57. The quantitative estimate of drug-likeness (QED) is 0.566. The van der Waals surface area contributed by atoms with E-state index in [0.717, 1.165) is 0 Å². The van der Waals surface area contributed by atoms with Gasteiger partial charge in [0, 0.05) is 25.7 Å². The van der Waals surface area contributed by atoms with E-state index in [1.807, 2.05) is 0 Å². The lowest BCUT2D eigenvalue weighted by molar-refractivity contribution is 0.580. The number of sulfonamides is 1. The first-order valence-corrected chi connectivity index (χ1v) is 7.16. The van der Waals surface area contributed by atoms with Crippen molar-refractivity contribution in [1.29, 1.82) is 0 Å². The molecule has 0 spiro atoms. The molecule has 0 fully saturated rings. The smallest absolute Gasteiger partial charge is 0.243 e. The van der Waals surface area contributed by atoms with Crippen LogP contribution in [0.15, 0.2) is 23.6 Å². The van der Waals surface area contributed by atoms with Gasteiger partial charge in [0.25, 0.3) is 0 Å². The highest BCUT2D eigenvalue weighted by atomic mass is 32.2. The number of nitrogens with zero attached hydrogens (tertiary/aromatic N) is 4. The predicted octanol–water partition coefficient (Wildman–Crippen LogP) is -1.52. The molecule has 0 aliphatic carbocycles. The summed E-state index contributed by atoms with van der Waals surface area (Å²) in [6.45, 7) is 1.12. The summed E-state index contributed by atoms with van der Waals surface area (Å²) in [6.07, 6.45) is 4.56. The van der Waals surface area contributed by atoms with Crippen LogP contribution in [0, 0.1) is 0 Å². The van der Waals surface area contributed by atoms with Crippen molar-refractivity contribution in [2.24, 2.45) is 5.73 Å². The fraction of sp³-hybridized carbons (Fsp3) is 0.444. The summed E-state index contributed by atoms with van der Waals surface area (Å²) in [6, 6.07) is 0. The van der Waals surface area contributed by atoms with Crippen LogP contribution < -0.4 is 10.5 Å². The Morgan fingerprint density at radius 2 is 2.32 bits per heavy atom. The molecule has 0 aliphatic rings. The van der Waals surface area contributed by atoms with Gasteiger partial charge in [0.2, 0.25) is 10.0 Å². The summed E-state index contributed by atoms with van der Waals surface area (Å²) in [4.78, 5) is 4.03. The highest BCUT2D eigenvalue weighted by Crippen LogP contribution is 2.06. The minimum absolute atomic E-state index is 0.124. The molecule has 0 amide bonds. The van der Waals surface area contributed by atoms with E-state index in [-0.39, 0.29) is 11.4 Å². The molecule has 0 bridgehead atoms. The molecule has 9 nitrogen and oxygen atoms in total. The van der Waals surface area contributed by atoms with Crippen molar-refractivity contribution in [3.63, 3.8) is 0 Å². The lowest BCUT2D eigenvalue weighted by Gasteiger charge is -2.02. The van der Waals surface area contributed by atoms with Crippen LogP contribution in [-0.2, 0) is 23.0 Å². The van der Waals surface area contributed by atoms with Gasteiger partial charge in [-0.2, -0.15) is 10.2 Å². The molecule has 2 aromatic heterocycles. The van der Waals surface area contributed by atoms with Gasteiger partial charge in [0.15, 0.2) is 0 Å². The molecular formula is C9H15N7O2S. The van der Waals surface area contributed by atoms with Gasteiger partial charge in [-0.15, -0.1) is 0 Å². The van der Waals surface area contributed by atoms with E-state index in [1.54, 1.807) is 0 Å². The Bertz CT molecular complexity index is 604. The fourth-order valence-electron chi connectivity index (χ4n) is 1.48. The van der Waals surface area contributed by atoms with Crippen molar-refractivity contribution >= 4 is 10.0 Å². The van der Waals surface area contributed by atoms with E-state index in [4.69, 9.17) is 5.73 Å². The Kier molecular flexibility index (Phi) is 4.24. The van der Waals surface area contributed by atoms with E-state index < -0.39 is 10.0 Å². The second kappa shape index (κ2) is 5.91. The standard InChI is InChI=1S/C9H15N7O2S/c10-2-4-16-6-8(5-13-16)19(17,18)14-3-1-9-11-7-12-15-9/h5-7,14H,1-4,10H2,(H,11,12,15). The van der Waals surface area contributed by atoms with Gasteiger partial charge >= 0.3 is 0 Å². The van der Waals surface area contributed by atoms with Gasteiger partial charge in [0.05, 0.1) is 12.7 Å². The molecule has 2 rings (SSSR count). The Labute approximate surface area is 110 Å². The zero-order chi connectivity index (χ0) is 13.7. The number of nitrogens with two attached hydrogens (primary N) is 1.